The number of esters is 1. The third kappa shape index (κ3) is 9.34. The Kier molecular flexibility index (Phi) is 9.10. The summed E-state index contributed by atoms with van der Waals surface area (Å²) in [6.07, 6.45) is 6.34. The zero-order valence-electron chi connectivity index (χ0n) is 8.55. The fourth-order valence-electron chi connectivity index (χ4n) is 1.12. The van der Waals surface area contributed by atoms with Crippen molar-refractivity contribution < 1.29 is 9.53 Å². The van der Waals surface area contributed by atoms with Gasteiger partial charge in [-0.1, -0.05) is 32.6 Å². The Morgan fingerprint density at radius 2 is 1.92 bits per heavy atom. The molecule has 0 spiro atoms. The van der Waals surface area contributed by atoms with E-state index in [1.807, 2.05) is 0 Å². The van der Waals surface area contributed by atoms with E-state index in [1.54, 1.807) is 0 Å². The zero-order valence-corrected chi connectivity index (χ0v) is 8.55. The molecule has 13 heavy (non-hydrogen) atoms. The van der Waals surface area contributed by atoms with E-state index in [0.717, 1.165) is 12.8 Å². The summed E-state index contributed by atoms with van der Waals surface area (Å²) < 4.78 is 4.83. The molecular weight excluding hydrogens is 166 g/mol. The van der Waals surface area contributed by atoms with Crippen LogP contribution < -0.4 is 5.73 Å². The largest absolute Gasteiger partial charge is 0.464 e. The van der Waals surface area contributed by atoms with Gasteiger partial charge >= 0.3 is 5.97 Å². The maximum atomic E-state index is 11.0. The zero-order chi connectivity index (χ0) is 9.94. The van der Waals surface area contributed by atoms with Crippen LogP contribution in [0.25, 0.3) is 0 Å². The molecule has 0 aliphatic carbocycles. The van der Waals surface area contributed by atoms with Crippen LogP contribution in [0, 0.1) is 0 Å². The van der Waals surface area contributed by atoms with Crippen molar-refractivity contribution in [1.82, 2.24) is 0 Å². The molecule has 0 unspecified atom stereocenters. The smallest absolute Gasteiger partial charge is 0.305 e. The highest BCUT2D eigenvalue weighted by Gasteiger charge is 2.00. The lowest BCUT2D eigenvalue weighted by atomic mass is 10.1. The molecule has 0 aliphatic heterocycles. The second-order valence-electron chi connectivity index (χ2n) is 3.17. The number of carbonyl (C=O) groups excluding carboxylic acids is 1. The van der Waals surface area contributed by atoms with E-state index in [0.29, 0.717) is 19.6 Å². The van der Waals surface area contributed by atoms with Crippen molar-refractivity contribution in [3.05, 3.63) is 0 Å². The summed E-state index contributed by atoms with van der Waals surface area (Å²) in [5.41, 5.74) is 5.19. The van der Waals surface area contributed by atoms with Gasteiger partial charge in [0.25, 0.3) is 0 Å². The molecule has 3 nitrogen and oxygen atoms in total. The fraction of sp³-hybridized carbons (Fsp3) is 0.900. The molecule has 0 aliphatic rings. The van der Waals surface area contributed by atoms with Crippen LogP contribution in [0.15, 0.2) is 0 Å². The molecule has 0 rings (SSSR count). The molecule has 0 aromatic heterocycles. The second kappa shape index (κ2) is 9.52. The first kappa shape index (κ1) is 12.4. The number of unbranched alkanes of at least 4 members (excludes halogenated alkanes) is 4. The number of nitrogens with two attached hydrogens (primary N) is 1. The van der Waals surface area contributed by atoms with Crippen molar-refractivity contribution >= 4 is 5.97 Å². The van der Waals surface area contributed by atoms with Crippen molar-refractivity contribution in [2.45, 2.75) is 45.4 Å². The van der Waals surface area contributed by atoms with E-state index in [4.69, 9.17) is 10.5 Å². The first-order chi connectivity index (χ1) is 6.31. The third-order valence-electron chi connectivity index (χ3n) is 1.87. The normalized spacial score (nSPS) is 10.0. The molecule has 0 bridgehead atoms. The van der Waals surface area contributed by atoms with Crippen LogP contribution in [-0.2, 0) is 9.53 Å². The van der Waals surface area contributed by atoms with Crippen LogP contribution in [0.1, 0.15) is 45.4 Å². The van der Waals surface area contributed by atoms with E-state index in [1.165, 1.54) is 19.3 Å². The first-order valence-electron chi connectivity index (χ1n) is 5.17. The number of hydrogen-bond acceptors (Lipinski definition) is 3. The molecule has 0 aromatic rings. The van der Waals surface area contributed by atoms with Gasteiger partial charge in [-0.15, -0.1) is 0 Å². The summed E-state index contributed by atoms with van der Waals surface area (Å²) in [5.74, 6) is -0.109. The topological polar surface area (TPSA) is 52.3 Å². The average molecular weight is 187 g/mol. The van der Waals surface area contributed by atoms with Gasteiger partial charge in [0.1, 0.15) is 6.61 Å². The van der Waals surface area contributed by atoms with Gasteiger partial charge in [-0.2, -0.15) is 0 Å². The van der Waals surface area contributed by atoms with Crippen LogP contribution >= 0.6 is 0 Å². The van der Waals surface area contributed by atoms with Crippen LogP contribution in [0.5, 0.6) is 0 Å². The van der Waals surface area contributed by atoms with Crippen molar-refractivity contribution in [1.29, 1.82) is 0 Å². The number of hydrogen-bond donors (Lipinski definition) is 1. The molecule has 3 heteroatoms. The second-order valence-corrected chi connectivity index (χ2v) is 3.17. The lowest BCUT2D eigenvalue weighted by Gasteiger charge is -2.02. The summed E-state index contributed by atoms with van der Waals surface area (Å²) >= 11 is 0. The Morgan fingerprint density at radius 1 is 1.23 bits per heavy atom. The fourth-order valence-corrected chi connectivity index (χ4v) is 1.12. The van der Waals surface area contributed by atoms with E-state index >= 15 is 0 Å². The Labute approximate surface area is 80.6 Å². The molecule has 0 aromatic carbocycles. The van der Waals surface area contributed by atoms with Crippen LogP contribution in [0.2, 0.25) is 0 Å². The summed E-state index contributed by atoms with van der Waals surface area (Å²) in [5, 5.41) is 0. The van der Waals surface area contributed by atoms with Gasteiger partial charge in [-0.05, 0) is 6.42 Å². The highest BCUT2D eigenvalue weighted by Crippen LogP contribution is 2.05. The molecule has 0 fully saturated rings. The molecule has 2 N–H and O–H groups in total. The van der Waals surface area contributed by atoms with Crippen molar-refractivity contribution in [2.75, 3.05) is 13.2 Å². The summed E-state index contributed by atoms with van der Waals surface area (Å²) in [6, 6.07) is 0. The van der Waals surface area contributed by atoms with E-state index in [2.05, 4.69) is 6.92 Å². The molecule has 0 saturated heterocycles. The Bertz CT molecular complexity index is 126. The highest BCUT2D eigenvalue weighted by molar-refractivity contribution is 5.69. The third-order valence-corrected chi connectivity index (χ3v) is 1.87. The monoisotopic (exact) mass is 187 g/mol. The van der Waals surface area contributed by atoms with Crippen LogP contribution in [0.3, 0.4) is 0 Å². The van der Waals surface area contributed by atoms with Crippen molar-refractivity contribution in [3.8, 4) is 0 Å². The van der Waals surface area contributed by atoms with E-state index < -0.39 is 0 Å². The standard InChI is InChI=1S/C10H21NO2/c1-2-3-4-5-6-7-10(12)13-9-8-11/h2-9,11H2,1H3. The Morgan fingerprint density at radius 3 is 2.54 bits per heavy atom. The molecule has 0 atom stereocenters. The molecule has 0 radical (unpaired) electrons. The quantitative estimate of drug-likeness (QED) is 0.466. The van der Waals surface area contributed by atoms with Crippen molar-refractivity contribution in [3.63, 3.8) is 0 Å². The lowest BCUT2D eigenvalue weighted by Crippen LogP contribution is -2.13. The minimum atomic E-state index is -0.109. The van der Waals surface area contributed by atoms with Gasteiger partial charge in [-0.3, -0.25) is 4.79 Å². The molecular formula is C10H21NO2. The summed E-state index contributed by atoms with van der Waals surface area (Å²) in [6.45, 7) is 2.95. The predicted octanol–water partition coefficient (Wildman–Crippen LogP) is 1.85. The minimum Gasteiger partial charge on any atom is -0.464 e. The molecule has 78 valence electrons. The van der Waals surface area contributed by atoms with Gasteiger partial charge in [0.05, 0.1) is 0 Å². The summed E-state index contributed by atoms with van der Waals surface area (Å²) in [7, 11) is 0. The van der Waals surface area contributed by atoms with E-state index in [9.17, 15) is 4.79 Å². The van der Waals surface area contributed by atoms with Gasteiger partial charge in [0, 0.05) is 13.0 Å². The lowest BCUT2D eigenvalue weighted by molar-refractivity contribution is -0.143. The molecule has 0 saturated carbocycles. The van der Waals surface area contributed by atoms with Gasteiger partial charge in [-0.25, -0.2) is 0 Å². The number of carbonyl (C=O) groups is 1. The first-order valence-corrected chi connectivity index (χ1v) is 5.17. The maximum absolute atomic E-state index is 11.0. The SMILES string of the molecule is CCCCCCCC(=O)OCCN. The van der Waals surface area contributed by atoms with E-state index in [-0.39, 0.29) is 5.97 Å². The maximum Gasteiger partial charge on any atom is 0.305 e. The predicted molar refractivity (Wildman–Crippen MR) is 53.4 cm³/mol. The van der Waals surface area contributed by atoms with Crippen LogP contribution in [-0.4, -0.2) is 19.1 Å². The van der Waals surface area contributed by atoms with Gasteiger partial charge in [0.2, 0.25) is 0 Å². The number of rotatable bonds is 8. The van der Waals surface area contributed by atoms with Crippen LogP contribution in [0.4, 0.5) is 0 Å². The Hall–Kier alpha value is -0.570. The summed E-state index contributed by atoms with van der Waals surface area (Å²) in [4.78, 5) is 11.0. The Balaban J connectivity index is 3.08. The molecule has 0 heterocycles. The van der Waals surface area contributed by atoms with Gasteiger partial charge < -0.3 is 10.5 Å². The average Bonchev–Trinajstić information content (AvgIpc) is 2.14. The highest BCUT2D eigenvalue weighted by atomic mass is 16.5. The number of ether oxygens (including phenoxy) is 1. The molecule has 0 amide bonds. The minimum absolute atomic E-state index is 0.109. The van der Waals surface area contributed by atoms with Gasteiger partial charge in [0.15, 0.2) is 0 Å². The van der Waals surface area contributed by atoms with Crippen molar-refractivity contribution in [2.24, 2.45) is 5.73 Å².